The number of carbonyl (C=O) groups is 4. The molecule has 9 heteroatoms. The molecule has 3 amide bonds. The Balaban J connectivity index is 4.57. The average Bonchev–Trinajstić information content (AvgIpc) is 1.81. The van der Waals surface area contributed by atoms with E-state index in [4.69, 9.17) is 15.3 Å². The summed E-state index contributed by atoms with van der Waals surface area (Å²) in [7, 11) is 0. The molecule has 0 saturated heterocycles. The molecule has 0 rings (SSSR count). The number of imide groups is 3. The van der Waals surface area contributed by atoms with Gasteiger partial charge in [0.15, 0.2) is 0 Å². The molecule has 0 aromatic rings. The van der Waals surface area contributed by atoms with Crippen LogP contribution in [-0.2, 0) is 4.74 Å². The van der Waals surface area contributed by atoms with Crippen LogP contribution in [0.4, 0.5) is 19.2 Å². The highest BCUT2D eigenvalue weighted by Gasteiger charge is 2.31. The Bertz CT molecular complexity index is 255. The van der Waals surface area contributed by atoms with E-state index in [0.29, 0.717) is 0 Å². The summed E-state index contributed by atoms with van der Waals surface area (Å²) < 4.78 is 3.28. The molecule has 0 fully saturated rings. The highest BCUT2D eigenvalue weighted by molar-refractivity contribution is 6.04. The van der Waals surface area contributed by atoms with Gasteiger partial charge in [0.2, 0.25) is 0 Å². The smallest absolute Gasteiger partial charge is 0.464 e. The van der Waals surface area contributed by atoms with Gasteiger partial charge in [-0.15, -0.1) is 4.90 Å². The van der Waals surface area contributed by atoms with E-state index < -0.39 is 29.3 Å². The summed E-state index contributed by atoms with van der Waals surface area (Å²) in [5, 5.41) is 24.0. The van der Waals surface area contributed by atoms with E-state index in [-0.39, 0.29) is 0 Å². The van der Waals surface area contributed by atoms with E-state index in [1.807, 2.05) is 0 Å². The Kier molecular flexibility index (Phi) is 3.20. The fourth-order valence-corrected chi connectivity index (χ4v) is 0.358. The quantitative estimate of drug-likeness (QED) is 0.372. The zero-order chi connectivity index (χ0) is 10.6. The van der Waals surface area contributed by atoms with Crippen molar-refractivity contribution in [2.75, 3.05) is 0 Å². The summed E-state index contributed by atoms with van der Waals surface area (Å²) in [5.41, 5.74) is 0. The molecule has 0 aliphatic carbocycles. The zero-order valence-corrected chi connectivity index (χ0v) is 5.83. The molecule has 13 heavy (non-hydrogen) atoms. The van der Waals surface area contributed by atoms with Crippen molar-refractivity contribution >= 4 is 24.4 Å². The van der Waals surface area contributed by atoms with Gasteiger partial charge in [-0.1, -0.05) is 0 Å². The van der Waals surface area contributed by atoms with Crippen LogP contribution in [-0.4, -0.2) is 44.7 Å². The van der Waals surface area contributed by atoms with Gasteiger partial charge in [-0.05, 0) is 0 Å². The third-order valence-corrected chi connectivity index (χ3v) is 0.740. The highest BCUT2D eigenvalue weighted by atomic mass is 16.7. The van der Waals surface area contributed by atoms with Crippen molar-refractivity contribution in [2.24, 2.45) is 0 Å². The van der Waals surface area contributed by atoms with Gasteiger partial charge in [0, 0.05) is 0 Å². The van der Waals surface area contributed by atoms with E-state index in [0.717, 1.165) is 0 Å². The molecule has 0 aliphatic heterocycles. The van der Waals surface area contributed by atoms with Crippen molar-refractivity contribution in [2.45, 2.75) is 0 Å². The van der Waals surface area contributed by atoms with Crippen molar-refractivity contribution in [1.82, 2.24) is 4.90 Å². The third kappa shape index (κ3) is 3.05. The minimum absolute atomic E-state index is 0.811. The monoisotopic (exact) mass is 193 g/mol. The molecule has 0 atom stereocenters. The largest absolute Gasteiger partial charge is 0.514 e. The first-order valence-electron chi connectivity index (χ1n) is 2.57. The first-order chi connectivity index (χ1) is 5.86. The number of rotatable bonds is 0. The average molecular weight is 193 g/mol. The van der Waals surface area contributed by atoms with Crippen LogP contribution in [0.15, 0.2) is 0 Å². The molecule has 0 spiro atoms. The number of amides is 3. The molecule has 0 aromatic heterocycles. The minimum Gasteiger partial charge on any atom is -0.464 e. The number of hydrogen-bond donors (Lipinski definition) is 3. The maximum absolute atomic E-state index is 10.4. The van der Waals surface area contributed by atoms with Gasteiger partial charge >= 0.3 is 24.4 Å². The summed E-state index contributed by atoms with van der Waals surface area (Å²) >= 11 is 0. The van der Waals surface area contributed by atoms with Gasteiger partial charge in [0.05, 0.1) is 0 Å². The van der Waals surface area contributed by atoms with E-state index >= 15 is 0 Å². The van der Waals surface area contributed by atoms with Crippen LogP contribution in [0.3, 0.4) is 0 Å². The lowest BCUT2D eigenvalue weighted by Crippen LogP contribution is -2.41. The number of hydrogen-bond acceptors (Lipinski definition) is 5. The predicted octanol–water partition coefficient (Wildman–Crippen LogP) is 0.459. The molecule has 0 unspecified atom stereocenters. The van der Waals surface area contributed by atoms with E-state index in [1.165, 1.54) is 0 Å². The van der Waals surface area contributed by atoms with E-state index in [1.54, 1.807) is 0 Å². The molecule has 0 radical (unpaired) electrons. The van der Waals surface area contributed by atoms with Crippen molar-refractivity contribution < 1.29 is 39.2 Å². The Morgan fingerprint density at radius 2 is 1.31 bits per heavy atom. The summed E-state index contributed by atoms with van der Waals surface area (Å²) in [4.78, 5) is 39.3. The van der Waals surface area contributed by atoms with Crippen molar-refractivity contribution in [3.05, 3.63) is 0 Å². The first-order valence-corrected chi connectivity index (χ1v) is 2.57. The Morgan fingerprint density at radius 3 is 1.54 bits per heavy atom. The van der Waals surface area contributed by atoms with Gasteiger partial charge in [-0.25, -0.2) is 19.2 Å². The summed E-state index contributed by atoms with van der Waals surface area (Å²) in [6, 6.07) is 0. The van der Waals surface area contributed by atoms with Crippen LogP contribution in [0.5, 0.6) is 0 Å². The van der Waals surface area contributed by atoms with Crippen LogP contribution < -0.4 is 0 Å². The molecule has 3 N–H and O–H groups in total. The third-order valence-electron chi connectivity index (χ3n) is 0.740. The van der Waals surface area contributed by atoms with Gasteiger partial charge in [-0.3, -0.25) is 0 Å². The minimum atomic E-state index is -2.15. The summed E-state index contributed by atoms with van der Waals surface area (Å²) in [5.74, 6) is 0. The lowest BCUT2D eigenvalue weighted by molar-refractivity contribution is 0.0824. The van der Waals surface area contributed by atoms with Crippen molar-refractivity contribution in [3.63, 3.8) is 0 Å². The Hall–Kier alpha value is -2.32. The normalized spacial score (nSPS) is 8.62. The molecule has 0 saturated carbocycles. The molecular weight excluding hydrogens is 190 g/mol. The Morgan fingerprint density at radius 1 is 0.923 bits per heavy atom. The molecule has 0 aliphatic rings. The number of carboxylic acid groups (broad SMARTS) is 3. The molecule has 0 aromatic carbocycles. The second-order valence-electron chi connectivity index (χ2n) is 1.53. The lowest BCUT2D eigenvalue weighted by Gasteiger charge is -2.08. The van der Waals surface area contributed by atoms with Crippen LogP contribution in [0.25, 0.3) is 0 Å². The second-order valence-corrected chi connectivity index (χ2v) is 1.53. The van der Waals surface area contributed by atoms with Crippen molar-refractivity contribution in [3.8, 4) is 0 Å². The fourth-order valence-electron chi connectivity index (χ4n) is 0.358. The maximum Gasteiger partial charge on any atom is 0.514 e. The lowest BCUT2D eigenvalue weighted by atomic mass is 10.8. The number of nitrogens with zero attached hydrogens (tertiary/aromatic N) is 1. The molecular formula is C4H3NO8. The van der Waals surface area contributed by atoms with E-state index in [2.05, 4.69) is 4.74 Å². The van der Waals surface area contributed by atoms with Crippen molar-refractivity contribution in [1.29, 1.82) is 0 Å². The SMILES string of the molecule is O=C(O)OC(=O)N(C(=O)O)C(=O)O. The maximum atomic E-state index is 10.4. The summed E-state index contributed by atoms with van der Waals surface area (Å²) in [6.07, 6.45) is -8.43. The molecule has 9 nitrogen and oxygen atoms in total. The van der Waals surface area contributed by atoms with Crippen LogP contribution in [0.2, 0.25) is 0 Å². The van der Waals surface area contributed by atoms with Gasteiger partial charge in [0.25, 0.3) is 0 Å². The standard InChI is InChI=1S/C4H3NO8/c6-1(7)5(2(8)9)3(10)13-4(11)12/h(H,6,7)(H,8,9)(H,11,12). The predicted molar refractivity (Wildman–Crippen MR) is 32.4 cm³/mol. The highest BCUT2D eigenvalue weighted by Crippen LogP contribution is 1.96. The fraction of sp³-hybridized carbons (Fsp3) is 0. The number of carbonyl (C=O) groups excluding carboxylic acids is 1. The Labute approximate surface area is 69.7 Å². The van der Waals surface area contributed by atoms with Crippen LogP contribution in [0, 0.1) is 0 Å². The second kappa shape index (κ2) is 3.90. The molecule has 0 bridgehead atoms. The van der Waals surface area contributed by atoms with Gasteiger partial charge in [-0.2, -0.15) is 0 Å². The first kappa shape index (κ1) is 10.7. The molecule has 72 valence electrons. The van der Waals surface area contributed by atoms with Gasteiger partial charge in [0.1, 0.15) is 0 Å². The van der Waals surface area contributed by atoms with Crippen LogP contribution in [0.1, 0.15) is 0 Å². The topological polar surface area (TPSA) is 141 Å². The summed E-state index contributed by atoms with van der Waals surface area (Å²) in [6.45, 7) is 0. The number of ether oxygens (including phenoxy) is 1. The van der Waals surface area contributed by atoms with E-state index in [9.17, 15) is 19.2 Å². The van der Waals surface area contributed by atoms with Gasteiger partial charge < -0.3 is 20.1 Å². The van der Waals surface area contributed by atoms with Crippen LogP contribution >= 0.6 is 0 Å². The molecule has 0 heterocycles. The zero-order valence-electron chi connectivity index (χ0n) is 5.83.